The second kappa shape index (κ2) is 3.90. The fourth-order valence-electron chi connectivity index (χ4n) is 1.45. The molecule has 1 aliphatic rings. The van der Waals surface area contributed by atoms with Gasteiger partial charge in [0.15, 0.2) is 0 Å². The van der Waals surface area contributed by atoms with E-state index >= 15 is 0 Å². The van der Waals surface area contributed by atoms with Crippen LogP contribution in [0.25, 0.3) is 5.57 Å². The highest BCUT2D eigenvalue weighted by molar-refractivity contribution is 6.30. The molecule has 0 atom stereocenters. The summed E-state index contributed by atoms with van der Waals surface area (Å²) in [6, 6.07) is 3.54. The third kappa shape index (κ3) is 2.10. The summed E-state index contributed by atoms with van der Waals surface area (Å²) >= 11 is 5.71. The summed E-state index contributed by atoms with van der Waals surface area (Å²) in [5, 5.41) is 9.35. The largest absolute Gasteiger partial charge is 0.465 e. The van der Waals surface area contributed by atoms with Gasteiger partial charge in [-0.1, -0.05) is 17.7 Å². The average Bonchev–Trinajstić information content (AvgIpc) is 2.68. The van der Waals surface area contributed by atoms with Crippen LogP contribution >= 0.6 is 11.6 Å². The van der Waals surface area contributed by atoms with Crippen molar-refractivity contribution in [1.82, 2.24) is 9.88 Å². The van der Waals surface area contributed by atoms with Gasteiger partial charge in [0.2, 0.25) is 0 Å². The van der Waals surface area contributed by atoms with E-state index in [0.29, 0.717) is 18.1 Å². The van der Waals surface area contributed by atoms with Crippen LogP contribution in [0.4, 0.5) is 4.79 Å². The third-order valence-electron chi connectivity index (χ3n) is 2.25. The predicted octanol–water partition coefficient (Wildman–Crippen LogP) is 2.11. The SMILES string of the molecule is O=C(O)N1CC=C(c2ccc(Cl)cn2)C1. The van der Waals surface area contributed by atoms with Crippen molar-refractivity contribution in [3.8, 4) is 0 Å². The van der Waals surface area contributed by atoms with E-state index in [0.717, 1.165) is 11.3 Å². The van der Waals surface area contributed by atoms with E-state index in [9.17, 15) is 4.79 Å². The van der Waals surface area contributed by atoms with Crippen LogP contribution in [-0.4, -0.2) is 34.2 Å². The van der Waals surface area contributed by atoms with Crippen molar-refractivity contribution in [3.63, 3.8) is 0 Å². The summed E-state index contributed by atoms with van der Waals surface area (Å²) in [7, 11) is 0. The van der Waals surface area contributed by atoms with Crippen molar-refractivity contribution in [3.05, 3.63) is 35.1 Å². The van der Waals surface area contributed by atoms with Gasteiger partial charge in [-0.25, -0.2) is 4.79 Å². The molecule has 0 aromatic carbocycles. The first-order valence-corrected chi connectivity index (χ1v) is 4.83. The zero-order valence-electron chi connectivity index (χ0n) is 7.85. The van der Waals surface area contributed by atoms with Crippen molar-refractivity contribution in [1.29, 1.82) is 0 Å². The Balaban J connectivity index is 2.14. The standard InChI is InChI=1S/C10H9ClN2O2/c11-8-1-2-9(12-5-8)7-3-4-13(6-7)10(14)15/h1-3,5H,4,6H2,(H,14,15). The van der Waals surface area contributed by atoms with Gasteiger partial charge < -0.3 is 10.0 Å². The number of nitrogens with zero attached hydrogens (tertiary/aromatic N) is 2. The molecule has 1 aromatic rings. The van der Waals surface area contributed by atoms with E-state index in [1.165, 1.54) is 4.90 Å². The summed E-state index contributed by atoms with van der Waals surface area (Å²) in [4.78, 5) is 16.1. The zero-order valence-corrected chi connectivity index (χ0v) is 8.61. The lowest BCUT2D eigenvalue weighted by Gasteiger charge is -2.10. The van der Waals surface area contributed by atoms with Crippen LogP contribution in [0.2, 0.25) is 5.02 Å². The fraction of sp³-hybridized carbons (Fsp3) is 0.200. The van der Waals surface area contributed by atoms with E-state index in [1.807, 2.05) is 6.08 Å². The number of rotatable bonds is 1. The van der Waals surface area contributed by atoms with Crippen molar-refractivity contribution in [2.24, 2.45) is 0 Å². The number of aromatic nitrogens is 1. The maximum absolute atomic E-state index is 10.7. The molecule has 78 valence electrons. The Labute approximate surface area is 91.8 Å². The highest BCUT2D eigenvalue weighted by atomic mass is 35.5. The maximum atomic E-state index is 10.7. The number of hydrogen-bond acceptors (Lipinski definition) is 2. The molecule has 1 N–H and O–H groups in total. The van der Waals surface area contributed by atoms with Gasteiger partial charge in [-0.05, 0) is 17.7 Å². The first kappa shape index (κ1) is 9.98. The molecule has 1 amide bonds. The molecule has 0 fully saturated rings. The Morgan fingerprint density at radius 1 is 1.53 bits per heavy atom. The lowest BCUT2D eigenvalue weighted by Crippen LogP contribution is -2.26. The molecule has 2 heterocycles. The molecule has 1 aliphatic heterocycles. The van der Waals surface area contributed by atoms with Crippen molar-refractivity contribution in [2.75, 3.05) is 13.1 Å². The molecule has 0 spiro atoms. The Bertz CT molecular complexity index is 414. The minimum atomic E-state index is -0.907. The van der Waals surface area contributed by atoms with E-state index in [2.05, 4.69) is 4.98 Å². The van der Waals surface area contributed by atoms with E-state index in [4.69, 9.17) is 16.7 Å². The quantitative estimate of drug-likeness (QED) is 0.795. The van der Waals surface area contributed by atoms with E-state index < -0.39 is 6.09 Å². The minimum Gasteiger partial charge on any atom is -0.465 e. The van der Waals surface area contributed by atoms with Gasteiger partial charge in [0.1, 0.15) is 0 Å². The lowest BCUT2D eigenvalue weighted by atomic mass is 10.2. The van der Waals surface area contributed by atoms with E-state index in [-0.39, 0.29) is 0 Å². The summed E-state index contributed by atoms with van der Waals surface area (Å²) < 4.78 is 0. The molecular weight excluding hydrogens is 216 g/mol. The second-order valence-electron chi connectivity index (χ2n) is 3.25. The van der Waals surface area contributed by atoms with Crippen LogP contribution in [-0.2, 0) is 0 Å². The summed E-state index contributed by atoms with van der Waals surface area (Å²) in [5.74, 6) is 0. The van der Waals surface area contributed by atoms with Crippen molar-refractivity contribution < 1.29 is 9.90 Å². The summed E-state index contributed by atoms with van der Waals surface area (Å²) in [5.41, 5.74) is 1.71. The fourth-order valence-corrected chi connectivity index (χ4v) is 1.56. The van der Waals surface area contributed by atoms with Gasteiger partial charge in [0, 0.05) is 12.7 Å². The highest BCUT2D eigenvalue weighted by Gasteiger charge is 2.19. The van der Waals surface area contributed by atoms with Crippen molar-refractivity contribution in [2.45, 2.75) is 0 Å². The molecule has 5 heteroatoms. The van der Waals surface area contributed by atoms with Crippen LogP contribution in [0.5, 0.6) is 0 Å². The number of halogens is 1. The highest BCUT2D eigenvalue weighted by Crippen LogP contribution is 2.20. The number of pyridine rings is 1. The molecule has 0 unspecified atom stereocenters. The van der Waals surface area contributed by atoms with Crippen LogP contribution in [0.1, 0.15) is 5.69 Å². The Hall–Kier alpha value is -1.55. The predicted molar refractivity (Wildman–Crippen MR) is 56.8 cm³/mol. The Kier molecular flexibility index (Phi) is 2.60. The van der Waals surface area contributed by atoms with Crippen LogP contribution < -0.4 is 0 Å². The molecule has 0 saturated carbocycles. The summed E-state index contributed by atoms with van der Waals surface area (Å²) in [6.07, 6.45) is 2.51. The third-order valence-corrected chi connectivity index (χ3v) is 2.47. The summed E-state index contributed by atoms with van der Waals surface area (Å²) in [6.45, 7) is 0.818. The van der Waals surface area contributed by atoms with Crippen LogP contribution in [0.15, 0.2) is 24.4 Å². The van der Waals surface area contributed by atoms with Gasteiger partial charge in [0.05, 0.1) is 17.3 Å². The van der Waals surface area contributed by atoms with E-state index in [1.54, 1.807) is 18.3 Å². The molecule has 15 heavy (non-hydrogen) atoms. The number of carboxylic acid groups (broad SMARTS) is 1. The number of hydrogen-bond donors (Lipinski definition) is 1. The molecular formula is C10H9ClN2O2. The monoisotopic (exact) mass is 224 g/mol. The molecule has 4 nitrogen and oxygen atoms in total. The molecule has 0 aliphatic carbocycles. The first-order chi connectivity index (χ1) is 7.16. The minimum absolute atomic E-state index is 0.393. The van der Waals surface area contributed by atoms with Gasteiger partial charge >= 0.3 is 6.09 Å². The normalized spacial score (nSPS) is 15.3. The number of amides is 1. The lowest BCUT2D eigenvalue weighted by molar-refractivity contribution is 0.158. The molecule has 0 radical (unpaired) electrons. The van der Waals surface area contributed by atoms with Gasteiger partial charge in [-0.15, -0.1) is 0 Å². The second-order valence-corrected chi connectivity index (χ2v) is 3.69. The molecule has 2 rings (SSSR count). The van der Waals surface area contributed by atoms with Gasteiger partial charge in [-0.2, -0.15) is 0 Å². The molecule has 1 aromatic heterocycles. The zero-order chi connectivity index (χ0) is 10.8. The van der Waals surface area contributed by atoms with Gasteiger partial charge in [-0.3, -0.25) is 4.98 Å². The van der Waals surface area contributed by atoms with Crippen LogP contribution in [0.3, 0.4) is 0 Å². The van der Waals surface area contributed by atoms with Crippen molar-refractivity contribution >= 4 is 23.3 Å². The van der Waals surface area contributed by atoms with Crippen LogP contribution in [0, 0.1) is 0 Å². The van der Waals surface area contributed by atoms with Gasteiger partial charge in [0.25, 0.3) is 0 Å². The Morgan fingerprint density at radius 3 is 2.87 bits per heavy atom. The smallest absolute Gasteiger partial charge is 0.407 e. The average molecular weight is 225 g/mol. The topological polar surface area (TPSA) is 53.4 Å². The maximum Gasteiger partial charge on any atom is 0.407 e. The Morgan fingerprint density at radius 2 is 2.33 bits per heavy atom. The molecule has 0 saturated heterocycles. The first-order valence-electron chi connectivity index (χ1n) is 4.45. The molecule has 0 bridgehead atoms. The number of carbonyl (C=O) groups is 1.